The molecule has 0 aliphatic carbocycles. The molecule has 1 aliphatic heterocycles. The van der Waals surface area contributed by atoms with Gasteiger partial charge in [-0.2, -0.15) is 0 Å². The zero-order chi connectivity index (χ0) is 19.1. The molecule has 6 heteroatoms. The number of ether oxygens (including phenoxy) is 1. The van der Waals surface area contributed by atoms with Crippen molar-refractivity contribution in [2.45, 2.75) is 32.8 Å². The molecule has 144 valence electrons. The van der Waals surface area contributed by atoms with E-state index in [1.807, 2.05) is 24.3 Å². The van der Waals surface area contributed by atoms with Crippen LogP contribution >= 0.6 is 11.6 Å². The second-order valence-corrected chi connectivity index (χ2v) is 7.50. The first-order valence-electron chi connectivity index (χ1n) is 9.44. The normalized spacial score (nSPS) is 17.9. The molecule has 1 fully saturated rings. The van der Waals surface area contributed by atoms with E-state index in [0.717, 1.165) is 18.8 Å². The van der Waals surface area contributed by atoms with Gasteiger partial charge in [0.1, 0.15) is 12.4 Å². The second-order valence-electron chi connectivity index (χ2n) is 7.09. The summed E-state index contributed by atoms with van der Waals surface area (Å²) in [5, 5.41) is 6.82. The molecule has 2 aromatic rings. The minimum Gasteiger partial charge on any atom is -0.486 e. The molecule has 0 saturated carbocycles. The highest BCUT2D eigenvalue weighted by molar-refractivity contribution is 6.32. The maximum absolute atomic E-state index is 12.4. The molecule has 27 heavy (non-hydrogen) atoms. The molecule has 1 amide bonds. The Labute approximate surface area is 165 Å². The molecular weight excluding hydrogens is 362 g/mol. The van der Waals surface area contributed by atoms with Crippen molar-refractivity contribution in [3.8, 4) is 5.75 Å². The van der Waals surface area contributed by atoms with Crippen LogP contribution in [-0.2, 0) is 11.4 Å². The Bertz CT molecular complexity index is 748. The number of piperidine rings is 1. The van der Waals surface area contributed by atoms with Crippen molar-refractivity contribution < 1.29 is 9.53 Å². The van der Waals surface area contributed by atoms with E-state index in [0.29, 0.717) is 41.3 Å². The summed E-state index contributed by atoms with van der Waals surface area (Å²) in [4.78, 5) is 16.6. The number of aromatic nitrogens is 1. The fourth-order valence-electron chi connectivity index (χ4n) is 3.37. The van der Waals surface area contributed by atoms with Gasteiger partial charge in [-0.1, -0.05) is 24.6 Å². The average molecular weight is 388 g/mol. The Morgan fingerprint density at radius 3 is 3.00 bits per heavy atom. The van der Waals surface area contributed by atoms with Crippen molar-refractivity contribution in [1.29, 1.82) is 0 Å². The number of benzene rings is 1. The number of carbonyl (C=O) groups is 1. The number of hydrogen-bond acceptors (Lipinski definition) is 4. The SMILES string of the molecule is CC(CC(=O)Nc1ccc(OCc2ccccn2)c(Cl)c1)C1CCCNC1. The number of nitrogens with zero attached hydrogens (tertiary/aromatic N) is 1. The van der Waals surface area contributed by atoms with Crippen LogP contribution in [0.1, 0.15) is 31.9 Å². The number of carbonyl (C=O) groups excluding carboxylic acids is 1. The summed E-state index contributed by atoms with van der Waals surface area (Å²) in [6.07, 6.45) is 4.62. The van der Waals surface area contributed by atoms with Gasteiger partial charge < -0.3 is 15.4 Å². The van der Waals surface area contributed by atoms with Crippen molar-refractivity contribution in [3.63, 3.8) is 0 Å². The van der Waals surface area contributed by atoms with Crippen LogP contribution in [0.25, 0.3) is 0 Å². The van der Waals surface area contributed by atoms with Crippen LogP contribution in [0.2, 0.25) is 5.02 Å². The minimum absolute atomic E-state index is 0.0197. The molecule has 1 saturated heterocycles. The lowest BCUT2D eigenvalue weighted by Crippen LogP contribution is -2.34. The maximum atomic E-state index is 12.4. The van der Waals surface area contributed by atoms with Crippen molar-refractivity contribution in [3.05, 3.63) is 53.3 Å². The molecule has 3 rings (SSSR count). The minimum atomic E-state index is 0.0197. The number of anilines is 1. The number of halogens is 1. The van der Waals surface area contributed by atoms with Crippen LogP contribution in [0, 0.1) is 11.8 Å². The first kappa shape index (κ1) is 19.6. The van der Waals surface area contributed by atoms with Gasteiger partial charge in [-0.15, -0.1) is 0 Å². The number of amides is 1. The van der Waals surface area contributed by atoms with Crippen LogP contribution in [0.5, 0.6) is 5.75 Å². The third-order valence-electron chi connectivity index (χ3n) is 4.96. The lowest BCUT2D eigenvalue weighted by molar-refractivity contribution is -0.117. The average Bonchev–Trinajstić information content (AvgIpc) is 2.68. The van der Waals surface area contributed by atoms with Gasteiger partial charge in [-0.3, -0.25) is 9.78 Å². The lowest BCUT2D eigenvalue weighted by atomic mass is 9.85. The molecule has 0 radical (unpaired) electrons. The highest BCUT2D eigenvalue weighted by Crippen LogP contribution is 2.29. The summed E-state index contributed by atoms with van der Waals surface area (Å²) in [7, 11) is 0. The molecule has 2 unspecified atom stereocenters. The molecule has 0 spiro atoms. The fraction of sp³-hybridized carbons (Fsp3) is 0.429. The number of nitrogens with one attached hydrogen (secondary N) is 2. The fourth-order valence-corrected chi connectivity index (χ4v) is 3.60. The van der Waals surface area contributed by atoms with Crippen LogP contribution in [0.4, 0.5) is 5.69 Å². The third-order valence-corrected chi connectivity index (χ3v) is 5.26. The van der Waals surface area contributed by atoms with Crippen LogP contribution < -0.4 is 15.4 Å². The lowest BCUT2D eigenvalue weighted by Gasteiger charge is -2.28. The monoisotopic (exact) mass is 387 g/mol. The van der Waals surface area contributed by atoms with Gasteiger partial charge >= 0.3 is 0 Å². The van der Waals surface area contributed by atoms with Crippen molar-refractivity contribution >= 4 is 23.2 Å². The van der Waals surface area contributed by atoms with Gasteiger partial charge in [0.2, 0.25) is 5.91 Å². The van der Waals surface area contributed by atoms with E-state index in [1.165, 1.54) is 12.8 Å². The van der Waals surface area contributed by atoms with E-state index < -0.39 is 0 Å². The standard InChI is InChI=1S/C21H26ClN3O2/c1-15(16-5-4-9-23-13-16)11-21(26)25-17-7-8-20(19(22)12-17)27-14-18-6-2-3-10-24-18/h2-3,6-8,10,12,15-16,23H,4-5,9,11,13-14H2,1H3,(H,25,26). The third kappa shape index (κ3) is 5.94. The Hall–Kier alpha value is -2.11. The number of hydrogen-bond donors (Lipinski definition) is 2. The van der Waals surface area contributed by atoms with Crippen molar-refractivity contribution in [2.75, 3.05) is 18.4 Å². The molecule has 2 heterocycles. The molecular formula is C21H26ClN3O2. The Morgan fingerprint density at radius 2 is 2.30 bits per heavy atom. The van der Waals surface area contributed by atoms with E-state index >= 15 is 0 Å². The Balaban J connectivity index is 1.51. The predicted molar refractivity (Wildman–Crippen MR) is 108 cm³/mol. The summed E-state index contributed by atoms with van der Waals surface area (Å²) < 4.78 is 5.71. The van der Waals surface area contributed by atoms with Gasteiger partial charge in [-0.05, 0) is 68.1 Å². The smallest absolute Gasteiger partial charge is 0.224 e. The quantitative estimate of drug-likeness (QED) is 0.744. The van der Waals surface area contributed by atoms with Gasteiger partial charge in [-0.25, -0.2) is 0 Å². The van der Waals surface area contributed by atoms with E-state index in [-0.39, 0.29) is 5.91 Å². The number of pyridine rings is 1. The largest absolute Gasteiger partial charge is 0.486 e. The van der Waals surface area contributed by atoms with E-state index in [1.54, 1.807) is 18.3 Å². The first-order valence-corrected chi connectivity index (χ1v) is 9.82. The summed E-state index contributed by atoms with van der Waals surface area (Å²) in [6.45, 7) is 4.59. The van der Waals surface area contributed by atoms with Gasteiger partial charge in [0.05, 0.1) is 10.7 Å². The predicted octanol–water partition coefficient (Wildman–Crippen LogP) is 4.28. The highest BCUT2D eigenvalue weighted by atomic mass is 35.5. The van der Waals surface area contributed by atoms with E-state index in [9.17, 15) is 4.79 Å². The summed E-state index contributed by atoms with van der Waals surface area (Å²) in [5.41, 5.74) is 1.52. The number of rotatable bonds is 7. The van der Waals surface area contributed by atoms with Gasteiger partial charge in [0.15, 0.2) is 0 Å². The van der Waals surface area contributed by atoms with E-state index in [4.69, 9.17) is 16.3 Å². The Kier molecular flexibility index (Phi) is 7.07. The van der Waals surface area contributed by atoms with Crippen molar-refractivity contribution in [1.82, 2.24) is 10.3 Å². The molecule has 1 aromatic heterocycles. The topological polar surface area (TPSA) is 63.2 Å². The molecule has 5 nitrogen and oxygen atoms in total. The Morgan fingerprint density at radius 1 is 1.41 bits per heavy atom. The molecule has 2 atom stereocenters. The summed E-state index contributed by atoms with van der Waals surface area (Å²) >= 11 is 6.30. The second kappa shape index (κ2) is 9.72. The van der Waals surface area contributed by atoms with Crippen molar-refractivity contribution in [2.24, 2.45) is 11.8 Å². The van der Waals surface area contributed by atoms with Gasteiger partial charge in [0, 0.05) is 18.3 Å². The molecule has 2 N–H and O–H groups in total. The molecule has 1 aromatic carbocycles. The zero-order valence-electron chi connectivity index (χ0n) is 15.6. The maximum Gasteiger partial charge on any atom is 0.224 e. The first-order chi connectivity index (χ1) is 13.1. The summed E-state index contributed by atoms with van der Waals surface area (Å²) in [6, 6.07) is 11.0. The van der Waals surface area contributed by atoms with Gasteiger partial charge in [0.25, 0.3) is 0 Å². The van der Waals surface area contributed by atoms with Crippen LogP contribution in [0.3, 0.4) is 0 Å². The van der Waals surface area contributed by atoms with E-state index in [2.05, 4.69) is 22.5 Å². The van der Waals surface area contributed by atoms with Crippen LogP contribution in [-0.4, -0.2) is 24.0 Å². The van der Waals surface area contributed by atoms with Crippen LogP contribution in [0.15, 0.2) is 42.6 Å². The molecule has 0 bridgehead atoms. The summed E-state index contributed by atoms with van der Waals surface area (Å²) in [5.74, 6) is 1.51. The zero-order valence-corrected chi connectivity index (χ0v) is 16.3. The highest BCUT2D eigenvalue weighted by Gasteiger charge is 2.22. The molecule has 1 aliphatic rings.